The first kappa shape index (κ1) is 18.5. The van der Waals surface area contributed by atoms with Gasteiger partial charge in [-0.15, -0.1) is 0 Å². The van der Waals surface area contributed by atoms with E-state index in [-0.39, 0.29) is 23.0 Å². The van der Waals surface area contributed by atoms with Crippen molar-refractivity contribution in [2.45, 2.75) is 25.4 Å². The van der Waals surface area contributed by atoms with Crippen LogP contribution >= 0.6 is 0 Å². The van der Waals surface area contributed by atoms with Crippen molar-refractivity contribution in [3.63, 3.8) is 0 Å². The number of hydrogen-bond donors (Lipinski definition) is 0. The highest BCUT2D eigenvalue weighted by Crippen LogP contribution is 2.41. The maximum atomic E-state index is 13.5. The monoisotopic (exact) mass is 372 g/mol. The molecule has 0 aliphatic carbocycles. The summed E-state index contributed by atoms with van der Waals surface area (Å²) in [4.78, 5) is 6.02. The summed E-state index contributed by atoms with van der Waals surface area (Å²) in [7, 11) is -2.93. The van der Waals surface area contributed by atoms with Gasteiger partial charge >= 0.3 is 0 Å². The Kier molecular flexibility index (Phi) is 5.60. The third-order valence-electron chi connectivity index (χ3n) is 5.17. The van der Waals surface area contributed by atoms with Crippen molar-refractivity contribution < 1.29 is 22.3 Å². The molecule has 6 nitrogen and oxygen atoms in total. The van der Waals surface area contributed by atoms with Gasteiger partial charge in [0.1, 0.15) is 0 Å². The van der Waals surface area contributed by atoms with Gasteiger partial charge in [-0.05, 0) is 30.9 Å². The van der Waals surface area contributed by atoms with Crippen LogP contribution in [-0.2, 0) is 14.6 Å². The highest BCUT2D eigenvalue weighted by atomic mass is 32.2. The average Bonchev–Trinajstić information content (AvgIpc) is 2.97. The first-order chi connectivity index (χ1) is 11.9. The molecule has 1 aromatic rings. The molecule has 0 amide bonds. The minimum Gasteiger partial charge on any atom is -0.476 e. The minimum atomic E-state index is -2.93. The van der Waals surface area contributed by atoms with Gasteiger partial charge in [0.05, 0.1) is 18.0 Å². The van der Waals surface area contributed by atoms with Gasteiger partial charge in [-0.2, -0.15) is 0 Å². The Bertz CT molecular complexity index is 692. The van der Waals surface area contributed by atoms with E-state index in [1.807, 2.05) is 0 Å². The first-order valence-corrected chi connectivity index (χ1v) is 10.6. The quantitative estimate of drug-likeness (QED) is 0.689. The second kappa shape index (κ2) is 7.55. The fraction of sp³-hybridized carbons (Fsp3) is 0.706. The van der Waals surface area contributed by atoms with Crippen LogP contribution < -0.4 is 4.74 Å². The molecule has 8 heteroatoms. The lowest BCUT2D eigenvalue weighted by Crippen LogP contribution is -2.65. The number of pyridine rings is 1. The van der Waals surface area contributed by atoms with Crippen LogP contribution in [-0.4, -0.2) is 68.3 Å². The van der Waals surface area contributed by atoms with Crippen molar-refractivity contribution in [1.82, 2.24) is 9.88 Å². The van der Waals surface area contributed by atoms with E-state index < -0.39 is 15.7 Å². The van der Waals surface area contributed by atoms with Crippen LogP contribution in [0, 0.1) is 11.7 Å². The number of halogens is 1. The number of likely N-dealkylation sites (tertiary alicyclic amines) is 1. The molecule has 25 heavy (non-hydrogen) atoms. The minimum absolute atomic E-state index is 0.0375. The van der Waals surface area contributed by atoms with Crippen LogP contribution in [0.5, 0.6) is 5.88 Å². The van der Waals surface area contributed by atoms with Crippen molar-refractivity contribution in [2.24, 2.45) is 5.92 Å². The molecule has 0 bridgehead atoms. The molecular weight excluding hydrogens is 347 g/mol. The van der Waals surface area contributed by atoms with Gasteiger partial charge in [-0.3, -0.25) is 4.90 Å². The highest BCUT2D eigenvalue weighted by Gasteiger charge is 2.52. The second-order valence-corrected chi connectivity index (χ2v) is 9.25. The molecule has 2 saturated heterocycles. The SMILES string of the molecule is CCS(=O)(=O)CCN1CC2(C1)OCC[C@@H]2CCOc1ncccc1F. The van der Waals surface area contributed by atoms with E-state index in [9.17, 15) is 12.8 Å². The van der Waals surface area contributed by atoms with Crippen LogP contribution in [0.1, 0.15) is 19.8 Å². The van der Waals surface area contributed by atoms with Crippen LogP contribution in [0.4, 0.5) is 4.39 Å². The number of hydrogen-bond acceptors (Lipinski definition) is 6. The van der Waals surface area contributed by atoms with Gasteiger partial charge in [0.2, 0.25) is 5.88 Å². The molecule has 0 N–H and O–H groups in total. The largest absolute Gasteiger partial charge is 0.476 e. The summed E-state index contributed by atoms with van der Waals surface area (Å²) in [6.45, 7) is 4.86. The van der Waals surface area contributed by atoms with Crippen molar-refractivity contribution in [1.29, 1.82) is 0 Å². The summed E-state index contributed by atoms with van der Waals surface area (Å²) in [5.74, 6) is 0.319. The summed E-state index contributed by atoms with van der Waals surface area (Å²) in [6, 6.07) is 2.86. The molecule has 3 heterocycles. The standard InChI is InChI=1S/C17H25FN2O4S/c1-2-25(21,22)11-8-20-12-17(13-20)14(6-10-24-17)5-9-23-16-15(18)4-3-7-19-16/h3-4,7,14H,2,5-6,8-13H2,1H3/t14-/m0/s1. The summed E-state index contributed by atoms with van der Waals surface area (Å²) < 4.78 is 48.2. The fourth-order valence-electron chi connectivity index (χ4n) is 3.60. The smallest absolute Gasteiger partial charge is 0.250 e. The first-order valence-electron chi connectivity index (χ1n) is 8.74. The molecule has 1 atom stereocenters. The van der Waals surface area contributed by atoms with Crippen molar-refractivity contribution in [3.8, 4) is 5.88 Å². The zero-order chi connectivity index (χ0) is 17.9. The molecule has 1 spiro atoms. The third kappa shape index (κ3) is 4.30. The molecule has 1 aromatic heterocycles. The van der Waals surface area contributed by atoms with E-state index in [0.29, 0.717) is 25.7 Å². The van der Waals surface area contributed by atoms with Gasteiger partial charge in [0, 0.05) is 38.2 Å². The predicted molar refractivity (Wildman–Crippen MR) is 91.9 cm³/mol. The van der Waals surface area contributed by atoms with E-state index in [4.69, 9.17) is 9.47 Å². The van der Waals surface area contributed by atoms with Crippen LogP contribution in [0.2, 0.25) is 0 Å². The van der Waals surface area contributed by atoms with E-state index in [2.05, 4.69) is 9.88 Å². The van der Waals surface area contributed by atoms with Crippen LogP contribution in [0.25, 0.3) is 0 Å². The Morgan fingerprint density at radius 1 is 1.48 bits per heavy atom. The zero-order valence-corrected chi connectivity index (χ0v) is 15.3. The average molecular weight is 372 g/mol. The highest BCUT2D eigenvalue weighted by molar-refractivity contribution is 7.91. The van der Waals surface area contributed by atoms with Gasteiger partial charge < -0.3 is 9.47 Å². The molecule has 0 unspecified atom stereocenters. The lowest BCUT2D eigenvalue weighted by atomic mass is 9.79. The Morgan fingerprint density at radius 3 is 3.00 bits per heavy atom. The van der Waals surface area contributed by atoms with Gasteiger partial charge in [-0.25, -0.2) is 17.8 Å². The number of aromatic nitrogens is 1. The number of nitrogens with zero attached hydrogens (tertiary/aromatic N) is 2. The number of sulfone groups is 1. The topological polar surface area (TPSA) is 68.7 Å². The summed E-state index contributed by atoms with van der Waals surface area (Å²) in [5, 5.41) is 0. The third-order valence-corrected chi connectivity index (χ3v) is 6.85. The van der Waals surface area contributed by atoms with E-state index in [0.717, 1.165) is 25.9 Å². The molecule has 0 aromatic carbocycles. The second-order valence-electron chi connectivity index (χ2n) is 6.77. The lowest BCUT2D eigenvalue weighted by Gasteiger charge is -2.50. The molecule has 0 saturated carbocycles. The fourth-order valence-corrected chi connectivity index (χ4v) is 4.42. The van der Waals surface area contributed by atoms with Gasteiger partial charge in [0.15, 0.2) is 15.7 Å². The van der Waals surface area contributed by atoms with E-state index in [1.54, 1.807) is 6.92 Å². The summed E-state index contributed by atoms with van der Waals surface area (Å²) >= 11 is 0. The van der Waals surface area contributed by atoms with Crippen LogP contribution in [0.3, 0.4) is 0 Å². The molecule has 3 rings (SSSR count). The zero-order valence-electron chi connectivity index (χ0n) is 14.5. The van der Waals surface area contributed by atoms with Crippen LogP contribution in [0.15, 0.2) is 18.3 Å². The molecular formula is C17H25FN2O4S. The molecule has 0 radical (unpaired) electrons. The predicted octanol–water partition coefficient (Wildman–Crippen LogP) is 1.52. The maximum absolute atomic E-state index is 13.5. The molecule has 2 aliphatic rings. The van der Waals surface area contributed by atoms with E-state index >= 15 is 0 Å². The summed E-state index contributed by atoms with van der Waals surface area (Å²) in [5.41, 5.74) is -0.192. The Balaban J connectivity index is 1.45. The Hall–Kier alpha value is -1.25. The Morgan fingerprint density at radius 2 is 2.28 bits per heavy atom. The van der Waals surface area contributed by atoms with Crippen molar-refractivity contribution in [3.05, 3.63) is 24.1 Å². The molecule has 2 aliphatic heterocycles. The summed E-state index contributed by atoms with van der Waals surface area (Å²) in [6.07, 6.45) is 3.24. The Labute approximate surface area is 148 Å². The van der Waals surface area contributed by atoms with Gasteiger partial charge in [-0.1, -0.05) is 6.92 Å². The number of rotatable bonds is 8. The van der Waals surface area contributed by atoms with Crippen molar-refractivity contribution >= 4 is 9.84 Å². The van der Waals surface area contributed by atoms with E-state index in [1.165, 1.54) is 18.3 Å². The van der Waals surface area contributed by atoms with Crippen molar-refractivity contribution in [2.75, 3.05) is 44.4 Å². The maximum Gasteiger partial charge on any atom is 0.250 e. The number of ether oxygens (including phenoxy) is 2. The normalized spacial score (nSPS) is 22.9. The molecule has 140 valence electrons. The lowest BCUT2D eigenvalue weighted by molar-refractivity contribution is -0.132. The molecule has 2 fully saturated rings. The van der Waals surface area contributed by atoms with Gasteiger partial charge in [0.25, 0.3) is 0 Å².